The molecule has 0 bridgehead atoms. The fourth-order valence-electron chi connectivity index (χ4n) is 2.03. The lowest BCUT2D eigenvalue weighted by molar-refractivity contribution is -0.384. The third-order valence-electron chi connectivity index (χ3n) is 3.13. The topological polar surface area (TPSA) is 64.4 Å². The number of methoxy groups -OCH3 is 1. The van der Waals surface area contributed by atoms with Crippen LogP contribution in [0.15, 0.2) is 36.4 Å². The molecule has 0 aromatic heterocycles. The number of rotatable bonds is 5. The van der Waals surface area contributed by atoms with Gasteiger partial charge in [0.15, 0.2) is 0 Å². The minimum absolute atomic E-state index is 0.0421. The van der Waals surface area contributed by atoms with Crippen molar-refractivity contribution < 1.29 is 9.66 Å². The Labute approximate surface area is 127 Å². The number of benzene rings is 2. The highest BCUT2D eigenvalue weighted by Gasteiger charge is 2.11. The van der Waals surface area contributed by atoms with Gasteiger partial charge in [-0.3, -0.25) is 10.1 Å². The molecule has 0 amide bonds. The van der Waals surface area contributed by atoms with Crippen LogP contribution in [-0.4, -0.2) is 12.0 Å². The molecule has 0 spiro atoms. The summed E-state index contributed by atoms with van der Waals surface area (Å²) in [6.07, 6.45) is 0. The summed E-state index contributed by atoms with van der Waals surface area (Å²) >= 11 is 5.91. The first-order valence-corrected chi connectivity index (χ1v) is 6.70. The molecule has 0 radical (unpaired) electrons. The molecular weight excluding hydrogens is 292 g/mol. The Kier molecular flexibility index (Phi) is 4.65. The maximum atomic E-state index is 10.8. The van der Waals surface area contributed by atoms with E-state index in [1.54, 1.807) is 12.1 Å². The normalized spacial score (nSPS) is 10.2. The number of anilines is 1. The van der Waals surface area contributed by atoms with Gasteiger partial charge in [-0.2, -0.15) is 0 Å². The van der Waals surface area contributed by atoms with Crippen LogP contribution in [0, 0.1) is 17.0 Å². The Morgan fingerprint density at radius 1 is 1.29 bits per heavy atom. The largest absolute Gasteiger partial charge is 0.496 e. The molecule has 1 N–H and O–H groups in total. The van der Waals surface area contributed by atoms with Gasteiger partial charge in [-0.25, -0.2) is 0 Å². The Morgan fingerprint density at radius 3 is 2.67 bits per heavy atom. The summed E-state index contributed by atoms with van der Waals surface area (Å²) in [5.41, 5.74) is 2.70. The molecule has 0 aliphatic heterocycles. The Balaban J connectivity index is 2.22. The van der Waals surface area contributed by atoms with Crippen LogP contribution in [0.5, 0.6) is 5.75 Å². The molecule has 0 heterocycles. The van der Waals surface area contributed by atoms with Gasteiger partial charge in [-0.05, 0) is 36.8 Å². The van der Waals surface area contributed by atoms with Crippen molar-refractivity contribution in [3.05, 3.63) is 62.7 Å². The minimum atomic E-state index is -0.420. The van der Waals surface area contributed by atoms with Crippen LogP contribution in [0.3, 0.4) is 0 Å². The summed E-state index contributed by atoms with van der Waals surface area (Å²) in [5, 5.41) is 14.8. The number of hydrogen-bond donors (Lipinski definition) is 1. The average molecular weight is 307 g/mol. The summed E-state index contributed by atoms with van der Waals surface area (Å²) in [7, 11) is 1.54. The van der Waals surface area contributed by atoms with Gasteiger partial charge < -0.3 is 10.1 Å². The van der Waals surface area contributed by atoms with E-state index in [4.69, 9.17) is 16.3 Å². The highest BCUT2D eigenvalue weighted by molar-refractivity contribution is 6.30. The summed E-state index contributed by atoms with van der Waals surface area (Å²) in [5.74, 6) is 0.611. The molecule has 110 valence electrons. The van der Waals surface area contributed by atoms with E-state index in [1.165, 1.54) is 19.2 Å². The minimum Gasteiger partial charge on any atom is -0.496 e. The van der Waals surface area contributed by atoms with Crippen LogP contribution >= 0.6 is 11.6 Å². The Hall–Kier alpha value is -2.27. The van der Waals surface area contributed by atoms with Crippen molar-refractivity contribution in [3.8, 4) is 5.75 Å². The zero-order chi connectivity index (χ0) is 15.4. The SMILES string of the molecule is COc1ccc([N+](=O)[O-])cc1CNc1ccc(Cl)cc1C. The molecule has 0 aliphatic rings. The molecule has 0 unspecified atom stereocenters. The first kappa shape index (κ1) is 15.1. The molecule has 0 atom stereocenters. The third-order valence-corrected chi connectivity index (χ3v) is 3.37. The third kappa shape index (κ3) is 3.64. The summed E-state index contributed by atoms with van der Waals surface area (Å²) in [6.45, 7) is 2.37. The van der Waals surface area contributed by atoms with Crippen molar-refractivity contribution in [2.24, 2.45) is 0 Å². The first-order valence-electron chi connectivity index (χ1n) is 6.32. The van der Waals surface area contributed by atoms with Crippen molar-refractivity contribution in [1.82, 2.24) is 0 Å². The van der Waals surface area contributed by atoms with Gasteiger partial charge in [-0.1, -0.05) is 11.6 Å². The van der Waals surface area contributed by atoms with Gasteiger partial charge in [0.05, 0.1) is 12.0 Å². The van der Waals surface area contributed by atoms with Crippen LogP contribution in [0.1, 0.15) is 11.1 Å². The molecule has 0 fully saturated rings. The smallest absolute Gasteiger partial charge is 0.270 e. The van der Waals surface area contributed by atoms with Crippen LogP contribution in [0.2, 0.25) is 5.02 Å². The fourth-order valence-corrected chi connectivity index (χ4v) is 2.26. The van der Waals surface area contributed by atoms with E-state index in [0.29, 0.717) is 17.3 Å². The first-order chi connectivity index (χ1) is 10.0. The summed E-state index contributed by atoms with van der Waals surface area (Å²) in [6, 6.07) is 10.1. The number of nitro benzene ring substituents is 1. The maximum absolute atomic E-state index is 10.8. The molecule has 21 heavy (non-hydrogen) atoms. The average Bonchev–Trinajstić information content (AvgIpc) is 2.46. The predicted molar refractivity (Wildman–Crippen MR) is 83.2 cm³/mol. The number of halogens is 1. The van der Waals surface area contributed by atoms with E-state index in [0.717, 1.165) is 16.8 Å². The second kappa shape index (κ2) is 6.45. The van der Waals surface area contributed by atoms with E-state index in [-0.39, 0.29) is 5.69 Å². The monoisotopic (exact) mass is 306 g/mol. The maximum Gasteiger partial charge on any atom is 0.270 e. The zero-order valence-electron chi connectivity index (χ0n) is 11.7. The predicted octanol–water partition coefficient (Wildman–Crippen LogP) is 4.18. The van der Waals surface area contributed by atoms with Gasteiger partial charge in [0.25, 0.3) is 5.69 Å². The second-order valence-electron chi connectivity index (χ2n) is 4.57. The molecule has 0 saturated heterocycles. The van der Waals surface area contributed by atoms with Crippen molar-refractivity contribution in [2.75, 3.05) is 12.4 Å². The number of nitro groups is 1. The molecular formula is C15H15ClN2O3. The van der Waals surface area contributed by atoms with Crippen LogP contribution in [0.25, 0.3) is 0 Å². The van der Waals surface area contributed by atoms with E-state index in [9.17, 15) is 10.1 Å². The quantitative estimate of drug-likeness (QED) is 0.665. The van der Waals surface area contributed by atoms with Crippen LogP contribution in [-0.2, 0) is 6.54 Å². The molecule has 2 aromatic carbocycles. The molecule has 2 aromatic rings. The number of hydrogen-bond acceptors (Lipinski definition) is 4. The number of aryl methyl sites for hydroxylation is 1. The Bertz CT molecular complexity index is 674. The summed E-state index contributed by atoms with van der Waals surface area (Å²) < 4.78 is 5.23. The van der Waals surface area contributed by atoms with Gasteiger partial charge in [0.2, 0.25) is 0 Å². The molecule has 0 saturated carbocycles. The highest BCUT2D eigenvalue weighted by Crippen LogP contribution is 2.26. The van der Waals surface area contributed by atoms with Gasteiger partial charge >= 0.3 is 0 Å². The van der Waals surface area contributed by atoms with E-state index in [2.05, 4.69) is 5.32 Å². The molecule has 5 nitrogen and oxygen atoms in total. The van der Waals surface area contributed by atoms with Crippen LogP contribution < -0.4 is 10.1 Å². The van der Waals surface area contributed by atoms with Crippen LogP contribution in [0.4, 0.5) is 11.4 Å². The van der Waals surface area contributed by atoms with E-state index < -0.39 is 4.92 Å². The highest BCUT2D eigenvalue weighted by atomic mass is 35.5. The van der Waals surface area contributed by atoms with Gasteiger partial charge in [0, 0.05) is 35.0 Å². The van der Waals surface area contributed by atoms with Crippen molar-refractivity contribution in [1.29, 1.82) is 0 Å². The molecule has 0 aliphatic carbocycles. The van der Waals surface area contributed by atoms with Gasteiger partial charge in [0.1, 0.15) is 5.75 Å². The number of ether oxygens (including phenoxy) is 1. The lowest BCUT2D eigenvalue weighted by atomic mass is 10.1. The standard InChI is InChI=1S/C15H15ClN2O3/c1-10-7-12(16)3-5-14(10)17-9-11-8-13(18(19)20)4-6-15(11)21-2/h3-8,17H,9H2,1-2H3. The molecule has 6 heteroatoms. The summed E-state index contributed by atoms with van der Waals surface area (Å²) in [4.78, 5) is 10.4. The van der Waals surface area contributed by atoms with Crippen molar-refractivity contribution in [3.63, 3.8) is 0 Å². The zero-order valence-corrected chi connectivity index (χ0v) is 12.5. The number of non-ortho nitro benzene ring substituents is 1. The molecule has 2 rings (SSSR count). The fraction of sp³-hybridized carbons (Fsp3) is 0.200. The lowest BCUT2D eigenvalue weighted by Gasteiger charge is -2.12. The number of nitrogens with zero attached hydrogens (tertiary/aromatic N) is 1. The number of nitrogens with one attached hydrogen (secondary N) is 1. The van der Waals surface area contributed by atoms with Crippen molar-refractivity contribution in [2.45, 2.75) is 13.5 Å². The van der Waals surface area contributed by atoms with Crippen molar-refractivity contribution >= 4 is 23.0 Å². The van der Waals surface area contributed by atoms with E-state index in [1.807, 2.05) is 19.1 Å². The van der Waals surface area contributed by atoms with E-state index >= 15 is 0 Å². The lowest BCUT2D eigenvalue weighted by Crippen LogP contribution is -2.03. The second-order valence-corrected chi connectivity index (χ2v) is 5.00. The van der Waals surface area contributed by atoms with Gasteiger partial charge in [-0.15, -0.1) is 0 Å². The Morgan fingerprint density at radius 2 is 2.05 bits per heavy atom.